The van der Waals surface area contributed by atoms with E-state index < -0.39 is 5.92 Å². The number of nitriles is 2. The Hall–Kier alpha value is -2.98. The van der Waals surface area contributed by atoms with Gasteiger partial charge in [-0.2, -0.15) is 10.5 Å². The van der Waals surface area contributed by atoms with Gasteiger partial charge >= 0.3 is 0 Å². The Bertz CT molecular complexity index is 1110. The van der Waals surface area contributed by atoms with Gasteiger partial charge in [-0.05, 0) is 70.7 Å². The van der Waals surface area contributed by atoms with E-state index in [0.29, 0.717) is 5.76 Å². The topological polar surface area (TPSA) is 60.0 Å². The Balaban J connectivity index is 1.74. The predicted molar refractivity (Wildman–Crippen MR) is 138 cm³/mol. The molecule has 3 heterocycles. The maximum Gasteiger partial charge on any atom is 0.143 e. The summed E-state index contributed by atoms with van der Waals surface area (Å²) in [5, 5.41) is 18.9. The summed E-state index contributed by atoms with van der Waals surface area (Å²) >= 11 is 0. The zero-order chi connectivity index (χ0) is 24.9. The van der Waals surface area contributed by atoms with Crippen LogP contribution in [0.2, 0.25) is 0 Å². The minimum atomic E-state index is -0.731. The average Bonchev–Trinajstić information content (AvgIpc) is 2.76. The lowest BCUT2D eigenvalue weighted by molar-refractivity contribution is 0.213. The summed E-state index contributed by atoms with van der Waals surface area (Å²) in [5.41, 5.74) is 5.55. The monoisotopic (exact) mass is 455 g/mol. The molecule has 0 fully saturated rings. The highest BCUT2D eigenvalue weighted by Gasteiger charge is 2.39. The number of hydrogen-bond acceptors (Lipinski definition) is 4. The molecule has 3 aliphatic rings. The van der Waals surface area contributed by atoms with Crippen molar-refractivity contribution >= 4 is 11.8 Å². The molecule has 3 aliphatic heterocycles. The number of ether oxygens (including phenoxy) is 1. The first-order chi connectivity index (χ1) is 15.9. The van der Waals surface area contributed by atoms with Crippen LogP contribution in [0.15, 0.2) is 41.9 Å². The number of hydrogen-bond donors (Lipinski definition) is 0. The van der Waals surface area contributed by atoms with Crippen molar-refractivity contribution in [2.75, 3.05) is 18.0 Å². The van der Waals surface area contributed by atoms with E-state index in [0.717, 1.165) is 31.7 Å². The summed E-state index contributed by atoms with van der Waals surface area (Å²) in [7, 11) is 0. The fraction of sp³-hybridized carbons (Fsp3) is 0.533. The van der Waals surface area contributed by atoms with Crippen molar-refractivity contribution in [3.05, 3.63) is 58.6 Å². The fourth-order valence-electron chi connectivity index (χ4n) is 5.23. The molecule has 1 aromatic rings. The zero-order valence-electron chi connectivity index (χ0n) is 21.7. The van der Waals surface area contributed by atoms with Crippen LogP contribution in [0.25, 0.3) is 6.08 Å². The molecule has 4 heteroatoms. The molecule has 0 aromatic heterocycles. The quantitative estimate of drug-likeness (QED) is 0.493. The van der Waals surface area contributed by atoms with Crippen LogP contribution in [0.5, 0.6) is 0 Å². The highest BCUT2D eigenvalue weighted by atomic mass is 16.5. The molecule has 34 heavy (non-hydrogen) atoms. The summed E-state index contributed by atoms with van der Waals surface area (Å²) < 4.78 is 6.23. The molecule has 1 aromatic carbocycles. The second kappa shape index (κ2) is 8.35. The van der Waals surface area contributed by atoms with Crippen LogP contribution in [0.3, 0.4) is 0 Å². The summed E-state index contributed by atoms with van der Waals surface area (Å²) in [5.74, 6) is 0.479. The highest BCUT2D eigenvalue weighted by molar-refractivity contribution is 5.72. The molecule has 178 valence electrons. The van der Waals surface area contributed by atoms with Gasteiger partial charge in [0.15, 0.2) is 0 Å². The Morgan fingerprint density at radius 3 is 2.03 bits per heavy atom. The molecule has 0 saturated carbocycles. The molecule has 0 bridgehead atoms. The van der Waals surface area contributed by atoms with E-state index in [-0.39, 0.29) is 22.2 Å². The molecule has 0 amide bonds. The third kappa shape index (κ3) is 4.39. The normalized spacial score (nSPS) is 22.9. The number of allylic oxidation sites excluding steroid dienone is 4. The van der Waals surface area contributed by atoms with E-state index in [1.54, 1.807) is 0 Å². The summed E-state index contributed by atoms with van der Waals surface area (Å²) in [6.07, 6.45) is 10.3. The van der Waals surface area contributed by atoms with Crippen molar-refractivity contribution < 1.29 is 4.74 Å². The lowest BCUT2D eigenvalue weighted by Gasteiger charge is -2.48. The van der Waals surface area contributed by atoms with Gasteiger partial charge in [-0.25, -0.2) is 0 Å². The standard InChI is InChI=1S/C30H37N3O/c1-28(2,3)26-17-21(22(18-31)19-32)16-23(34-26)9-8-20-14-24-27-25(15-20)30(6,7)11-13-33(27)12-10-29(24,4)5/h8-9,14-17,21-22H,10-13H2,1-7H3/b9-8+/t21-/m0/s1. The summed E-state index contributed by atoms with van der Waals surface area (Å²) in [4.78, 5) is 2.58. The minimum Gasteiger partial charge on any atom is -0.462 e. The maximum atomic E-state index is 9.46. The third-order valence-corrected chi connectivity index (χ3v) is 7.69. The van der Waals surface area contributed by atoms with E-state index in [9.17, 15) is 10.5 Å². The van der Waals surface area contributed by atoms with Gasteiger partial charge in [-0.3, -0.25) is 0 Å². The van der Waals surface area contributed by atoms with Crippen molar-refractivity contribution in [3.8, 4) is 12.1 Å². The lowest BCUT2D eigenvalue weighted by atomic mass is 9.69. The summed E-state index contributed by atoms with van der Waals surface area (Å²) in [6.45, 7) is 17.9. The first-order valence-corrected chi connectivity index (χ1v) is 12.4. The molecule has 4 rings (SSSR count). The van der Waals surface area contributed by atoms with Crippen LogP contribution in [0.4, 0.5) is 5.69 Å². The average molecular weight is 456 g/mol. The Morgan fingerprint density at radius 1 is 0.971 bits per heavy atom. The number of anilines is 1. The van der Waals surface area contributed by atoms with Gasteiger partial charge in [0.1, 0.15) is 17.4 Å². The smallest absolute Gasteiger partial charge is 0.143 e. The summed E-state index contributed by atoms with van der Waals surface area (Å²) in [6, 6.07) is 8.95. The molecule has 1 atom stereocenters. The van der Waals surface area contributed by atoms with Crippen LogP contribution < -0.4 is 4.90 Å². The van der Waals surface area contributed by atoms with Gasteiger partial charge in [0.25, 0.3) is 0 Å². The maximum absolute atomic E-state index is 9.46. The van der Waals surface area contributed by atoms with E-state index in [2.05, 4.69) is 83.7 Å². The van der Waals surface area contributed by atoms with Gasteiger partial charge in [0.2, 0.25) is 0 Å². The van der Waals surface area contributed by atoms with Crippen LogP contribution in [0.1, 0.15) is 78.0 Å². The largest absolute Gasteiger partial charge is 0.462 e. The van der Waals surface area contributed by atoms with E-state index in [4.69, 9.17) is 4.74 Å². The lowest BCUT2D eigenvalue weighted by Crippen LogP contribution is -2.44. The Morgan fingerprint density at radius 2 is 1.53 bits per heavy atom. The molecule has 0 aliphatic carbocycles. The fourth-order valence-corrected chi connectivity index (χ4v) is 5.23. The van der Waals surface area contributed by atoms with E-state index >= 15 is 0 Å². The molecule has 0 radical (unpaired) electrons. The minimum absolute atomic E-state index is 0.137. The predicted octanol–water partition coefficient (Wildman–Crippen LogP) is 6.99. The number of rotatable bonds is 3. The van der Waals surface area contributed by atoms with Crippen LogP contribution in [-0.4, -0.2) is 13.1 Å². The second-order valence-corrected chi connectivity index (χ2v) is 12.3. The van der Waals surface area contributed by atoms with Crippen molar-refractivity contribution in [2.45, 2.75) is 72.1 Å². The highest BCUT2D eigenvalue weighted by Crippen LogP contribution is 2.49. The van der Waals surface area contributed by atoms with Gasteiger partial charge in [-0.15, -0.1) is 0 Å². The number of nitrogens with zero attached hydrogens (tertiary/aromatic N) is 3. The molecule has 4 nitrogen and oxygen atoms in total. The van der Waals surface area contributed by atoms with Crippen molar-refractivity contribution in [2.24, 2.45) is 17.3 Å². The molecule has 0 N–H and O–H groups in total. The van der Waals surface area contributed by atoms with Crippen molar-refractivity contribution in [3.63, 3.8) is 0 Å². The SMILES string of the molecule is CC(C)(C)C1=C[C@@H](C(C#N)C#N)C=C(/C=C/c2cc3c4c(c2)C(C)(C)CCN4CCC3(C)C)O1. The molecule has 0 saturated heterocycles. The zero-order valence-corrected chi connectivity index (χ0v) is 21.7. The van der Waals surface area contributed by atoms with Crippen LogP contribution in [0, 0.1) is 39.9 Å². The Kier molecular flexibility index (Phi) is 5.93. The van der Waals surface area contributed by atoms with Gasteiger partial charge in [0.05, 0.1) is 12.1 Å². The van der Waals surface area contributed by atoms with E-state index in [1.807, 2.05) is 18.2 Å². The van der Waals surface area contributed by atoms with Crippen LogP contribution >= 0.6 is 0 Å². The van der Waals surface area contributed by atoms with Gasteiger partial charge < -0.3 is 9.64 Å². The van der Waals surface area contributed by atoms with Gasteiger partial charge in [0, 0.05) is 30.1 Å². The third-order valence-electron chi connectivity index (χ3n) is 7.69. The van der Waals surface area contributed by atoms with Gasteiger partial charge in [-0.1, -0.05) is 54.5 Å². The molecular formula is C30H37N3O. The molecule has 0 spiro atoms. The molecular weight excluding hydrogens is 418 g/mol. The van der Waals surface area contributed by atoms with Crippen LogP contribution in [-0.2, 0) is 15.6 Å². The second-order valence-electron chi connectivity index (χ2n) is 12.3. The first-order valence-electron chi connectivity index (χ1n) is 12.4. The van der Waals surface area contributed by atoms with E-state index in [1.165, 1.54) is 22.4 Å². The van der Waals surface area contributed by atoms with Crippen molar-refractivity contribution in [1.29, 1.82) is 10.5 Å². The Labute approximate surface area is 205 Å². The first kappa shape index (κ1) is 24.2. The van der Waals surface area contributed by atoms with Crippen molar-refractivity contribution in [1.82, 2.24) is 0 Å². The number of benzene rings is 1. The molecule has 0 unspecified atom stereocenters.